The van der Waals surface area contributed by atoms with Crippen LogP contribution in [-0.4, -0.2) is 5.91 Å². The highest BCUT2D eigenvalue weighted by molar-refractivity contribution is 6.35. The number of hydrogen-bond acceptors (Lipinski definition) is 2. The van der Waals surface area contributed by atoms with Crippen molar-refractivity contribution in [3.8, 4) is 0 Å². The van der Waals surface area contributed by atoms with Gasteiger partial charge in [-0.05, 0) is 55.3 Å². The fraction of sp³-hybridized carbons (Fsp3) is 0.188. The largest absolute Gasteiger partial charge is 0.355 e. The Morgan fingerprint density at radius 3 is 2.05 bits per heavy atom. The maximum atomic E-state index is 11.7. The van der Waals surface area contributed by atoms with Gasteiger partial charge < -0.3 is 10.6 Å². The van der Waals surface area contributed by atoms with Crippen LogP contribution in [0.4, 0.5) is 17.1 Å². The normalized spacial score (nSPS) is 13.8. The first kappa shape index (κ1) is 14.2. The van der Waals surface area contributed by atoms with Crippen molar-refractivity contribution in [3.05, 3.63) is 52.5 Å². The molecule has 2 aromatic rings. The lowest BCUT2D eigenvalue weighted by Crippen LogP contribution is -2.13. The second-order valence-electron chi connectivity index (χ2n) is 5.12. The topological polar surface area (TPSA) is 41.1 Å². The molecule has 3 rings (SSSR count). The fourth-order valence-corrected chi connectivity index (χ4v) is 2.55. The van der Waals surface area contributed by atoms with Crippen molar-refractivity contribution >= 4 is 46.2 Å². The minimum atomic E-state index is 0.109. The van der Waals surface area contributed by atoms with Crippen LogP contribution in [0.25, 0.3) is 0 Å². The molecule has 0 aromatic heterocycles. The molecule has 21 heavy (non-hydrogen) atoms. The number of benzene rings is 2. The van der Waals surface area contributed by atoms with Gasteiger partial charge in [0.1, 0.15) is 0 Å². The average molecular weight is 321 g/mol. The van der Waals surface area contributed by atoms with E-state index in [0.717, 1.165) is 29.9 Å². The van der Waals surface area contributed by atoms with Gasteiger partial charge in [-0.25, -0.2) is 0 Å². The monoisotopic (exact) mass is 320 g/mol. The van der Waals surface area contributed by atoms with Crippen LogP contribution in [0.1, 0.15) is 12.8 Å². The number of halogens is 2. The second kappa shape index (κ2) is 5.96. The molecule has 108 valence electrons. The van der Waals surface area contributed by atoms with Crippen LogP contribution >= 0.6 is 23.2 Å². The van der Waals surface area contributed by atoms with E-state index in [1.54, 1.807) is 18.2 Å². The molecule has 0 bridgehead atoms. The number of anilines is 3. The van der Waals surface area contributed by atoms with Crippen LogP contribution < -0.4 is 10.6 Å². The van der Waals surface area contributed by atoms with Gasteiger partial charge in [0.15, 0.2) is 0 Å². The van der Waals surface area contributed by atoms with Crippen molar-refractivity contribution in [2.24, 2.45) is 5.92 Å². The molecule has 1 aliphatic carbocycles. The lowest BCUT2D eigenvalue weighted by molar-refractivity contribution is -0.117. The summed E-state index contributed by atoms with van der Waals surface area (Å²) in [5.41, 5.74) is 2.53. The fourth-order valence-electron chi connectivity index (χ4n) is 2.02. The van der Waals surface area contributed by atoms with Crippen LogP contribution in [-0.2, 0) is 4.79 Å². The maximum Gasteiger partial charge on any atom is 0.227 e. The quantitative estimate of drug-likeness (QED) is 0.824. The Bertz CT molecular complexity index is 646. The molecule has 0 radical (unpaired) electrons. The van der Waals surface area contributed by atoms with Crippen molar-refractivity contribution in [2.75, 3.05) is 10.6 Å². The van der Waals surface area contributed by atoms with E-state index in [1.807, 2.05) is 24.3 Å². The summed E-state index contributed by atoms with van der Waals surface area (Å²) in [5, 5.41) is 7.29. The molecule has 5 heteroatoms. The van der Waals surface area contributed by atoms with Crippen molar-refractivity contribution in [2.45, 2.75) is 12.8 Å². The van der Waals surface area contributed by atoms with Gasteiger partial charge in [0, 0.05) is 33.0 Å². The molecule has 1 saturated carbocycles. The van der Waals surface area contributed by atoms with Crippen LogP contribution in [0.2, 0.25) is 10.0 Å². The molecule has 3 nitrogen and oxygen atoms in total. The maximum absolute atomic E-state index is 11.7. The molecule has 1 amide bonds. The summed E-state index contributed by atoms with van der Waals surface area (Å²) in [6.45, 7) is 0. The van der Waals surface area contributed by atoms with Gasteiger partial charge in [0.25, 0.3) is 0 Å². The summed E-state index contributed by atoms with van der Waals surface area (Å²) < 4.78 is 0. The Kier molecular flexibility index (Phi) is 4.04. The zero-order valence-electron chi connectivity index (χ0n) is 11.2. The molecule has 0 aliphatic heterocycles. The number of carbonyl (C=O) groups excluding carboxylic acids is 1. The molecular formula is C16H14Cl2N2O. The van der Waals surface area contributed by atoms with Gasteiger partial charge in [-0.2, -0.15) is 0 Å². The Balaban J connectivity index is 1.67. The van der Waals surface area contributed by atoms with Crippen molar-refractivity contribution in [1.82, 2.24) is 0 Å². The van der Waals surface area contributed by atoms with Gasteiger partial charge in [-0.15, -0.1) is 0 Å². The van der Waals surface area contributed by atoms with E-state index in [9.17, 15) is 4.79 Å². The van der Waals surface area contributed by atoms with Gasteiger partial charge >= 0.3 is 0 Å². The first-order chi connectivity index (χ1) is 10.1. The highest BCUT2D eigenvalue weighted by Crippen LogP contribution is 2.30. The van der Waals surface area contributed by atoms with E-state index in [4.69, 9.17) is 23.2 Å². The lowest BCUT2D eigenvalue weighted by atomic mass is 10.2. The highest BCUT2D eigenvalue weighted by atomic mass is 35.5. The molecule has 0 atom stereocenters. The van der Waals surface area contributed by atoms with E-state index in [2.05, 4.69) is 10.6 Å². The first-order valence-electron chi connectivity index (χ1n) is 6.74. The molecule has 0 heterocycles. The minimum absolute atomic E-state index is 0.109. The molecule has 1 fully saturated rings. The van der Waals surface area contributed by atoms with E-state index in [1.165, 1.54) is 0 Å². The summed E-state index contributed by atoms with van der Waals surface area (Å²) in [7, 11) is 0. The van der Waals surface area contributed by atoms with E-state index >= 15 is 0 Å². The number of amides is 1. The standard InChI is InChI=1S/C16H14Cl2N2O/c17-11-7-12(18)9-15(8-11)19-13-3-5-14(6-4-13)20-16(21)10-1-2-10/h3-10,19H,1-2H2,(H,20,21). The summed E-state index contributed by atoms with van der Waals surface area (Å²) in [6.07, 6.45) is 2.00. The second-order valence-corrected chi connectivity index (χ2v) is 6.00. The Labute approximate surface area is 133 Å². The average Bonchev–Trinajstić information content (AvgIpc) is 3.24. The number of hydrogen-bond donors (Lipinski definition) is 2. The third kappa shape index (κ3) is 3.90. The van der Waals surface area contributed by atoms with Crippen molar-refractivity contribution < 1.29 is 4.79 Å². The van der Waals surface area contributed by atoms with Crippen LogP contribution in [0.3, 0.4) is 0 Å². The van der Waals surface area contributed by atoms with Crippen LogP contribution in [0, 0.1) is 5.92 Å². The molecule has 0 spiro atoms. The predicted octanol–water partition coefficient (Wildman–Crippen LogP) is 5.09. The molecule has 0 saturated heterocycles. The molecule has 0 unspecified atom stereocenters. The summed E-state index contributed by atoms with van der Waals surface area (Å²) in [4.78, 5) is 11.7. The van der Waals surface area contributed by atoms with E-state index in [-0.39, 0.29) is 11.8 Å². The molecular weight excluding hydrogens is 307 g/mol. The number of carbonyl (C=O) groups is 1. The van der Waals surface area contributed by atoms with Gasteiger partial charge in [-0.3, -0.25) is 4.79 Å². The SMILES string of the molecule is O=C(Nc1ccc(Nc2cc(Cl)cc(Cl)c2)cc1)C1CC1. The van der Waals surface area contributed by atoms with Gasteiger partial charge in [0.05, 0.1) is 0 Å². The zero-order valence-corrected chi connectivity index (χ0v) is 12.7. The van der Waals surface area contributed by atoms with E-state index < -0.39 is 0 Å². The summed E-state index contributed by atoms with van der Waals surface area (Å²) in [5.74, 6) is 0.314. The Morgan fingerprint density at radius 2 is 1.48 bits per heavy atom. The predicted molar refractivity (Wildman–Crippen MR) is 87.5 cm³/mol. The Hall–Kier alpha value is -1.71. The van der Waals surface area contributed by atoms with E-state index in [0.29, 0.717) is 10.0 Å². The lowest BCUT2D eigenvalue weighted by Gasteiger charge is -2.09. The van der Waals surface area contributed by atoms with Crippen LogP contribution in [0.15, 0.2) is 42.5 Å². The minimum Gasteiger partial charge on any atom is -0.355 e. The molecule has 2 aromatic carbocycles. The van der Waals surface area contributed by atoms with Crippen LogP contribution in [0.5, 0.6) is 0 Å². The zero-order chi connectivity index (χ0) is 14.8. The number of nitrogens with one attached hydrogen (secondary N) is 2. The van der Waals surface area contributed by atoms with Gasteiger partial charge in [0.2, 0.25) is 5.91 Å². The summed E-state index contributed by atoms with van der Waals surface area (Å²) in [6, 6.07) is 12.8. The van der Waals surface area contributed by atoms with Gasteiger partial charge in [-0.1, -0.05) is 23.2 Å². The molecule has 1 aliphatic rings. The number of rotatable bonds is 4. The summed E-state index contributed by atoms with van der Waals surface area (Å²) >= 11 is 11.9. The van der Waals surface area contributed by atoms with Crippen molar-refractivity contribution in [3.63, 3.8) is 0 Å². The third-order valence-corrected chi connectivity index (χ3v) is 3.69. The smallest absolute Gasteiger partial charge is 0.227 e. The van der Waals surface area contributed by atoms with Crippen molar-refractivity contribution in [1.29, 1.82) is 0 Å². The third-order valence-electron chi connectivity index (χ3n) is 3.25. The highest BCUT2D eigenvalue weighted by Gasteiger charge is 2.29. The Morgan fingerprint density at radius 1 is 0.905 bits per heavy atom. The first-order valence-corrected chi connectivity index (χ1v) is 7.50. The molecule has 2 N–H and O–H groups in total.